The molecule has 0 radical (unpaired) electrons. The van der Waals surface area contributed by atoms with Crippen LogP contribution in [0.15, 0.2) is 0 Å². The Hall–Kier alpha value is -1.14. The predicted octanol–water partition coefficient (Wildman–Crippen LogP) is 1.14. The van der Waals surface area contributed by atoms with Crippen molar-refractivity contribution in [1.29, 1.82) is 0 Å². The van der Waals surface area contributed by atoms with Gasteiger partial charge in [0, 0.05) is 26.2 Å². The summed E-state index contributed by atoms with van der Waals surface area (Å²) in [5.41, 5.74) is 5.95. The van der Waals surface area contributed by atoms with E-state index in [4.69, 9.17) is 15.6 Å². The summed E-state index contributed by atoms with van der Waals surface area (Å²) < 4.78 is 4.87. The monoisotopic (exact) mass is 288 g/mol. The molecule has 0 aromatic carbocycles. The SMILES string of the molecule is COCCCC(NC(=O)CC(N)CC(C)(C)C)C(=O)O. The highest BCUT2D eigenvalue weighted by Crippen LogP contribution is 2.21. The third kappa shape index (κ3) is 9.75. The average Bonchev–Trinajstić information content (AvgIpc) is 2.24. The predicted molar refractivity (Wildman–Crippen MR) is 77.3 cm³/mol. The Labute approximate surface area is 121 Å². The molecular weight excluding hydrogens is 260 g/mol. The molecule has 0 aliphatic carbocycles. The first-order valence-corrected chi connectivity index (χ1v) is 6.92. The minimum atomic E-state index is -1.03. The Morgan fingerprint density at radius 3 is 2.40 bits per heavy atom. The molecule has 0 saturated carbocycles. The first kappa shape index (κ1) is 18.9. The second-order valence-corrected chi connectivity index (χ2v) is 6.32. The van der Waals surface area contributed by atoms with Crippen molar-refractivity contribution in [3.05, 3.63) is 0 Å². The number of carboxylic acids is 1. The summed E-state index contributed by atoms with van der Waals surface area (Å²) in [6.07, 6.45) is 1.79. The van der Waals surface area contributed by atoms with E-state index in [1.165, 1.54) is 0 Å². The Kier molecular flexibility index (Phi) is 8.41. The van der Waals surface area contributed by atoms with Crippen LogP contribution in [0, 0.1) is 5.41 Å². The third-order valence-corrected chi connectivity index (χ3v) is 2.80. The molecule has 0 aliphatic heterocycles. The minimum Gasteiger partial charge on any atom is -0.480 e. The molecule has 0 heterocycles. The molecule has 4 N–H and O–H groups in total. The molecule has 0 spiro atoms. The van der Waals surface area contributed by atoms with Crippen molar-refractivity contribution in [2.24, 2.45) is 11.1 Å². The molecule has 0 rings (SSSR count). The Morgan fingerprint density at radius 1 is 1.35 bits per heavy atom. The Morgan fingerprint density at radius 2 is 1.95 bits per heavy atom. The maximum absolute atomic E-state index is 11.8. The van der Waals surface area contributed by atoms with Crippen LogP contribution in [-0.4, -0.2) is 42.8 Å². The zero-order valence-corrected chi connectivity index (χ0v) is 12.9. The molecule has 0 bridgehead atoms. The first-order valence-electron chi connectivity index (χ1n) is 6.92. The van der Waals surface area contributed by atoms with Gasteiger partial charge in [-0.25, -0.2) is 4.79 Å². The van der Waals surface area contributed by atoms with Crippen molar-refractivity contribution in [2.45, 2.75) is 58.5 Å². The van der Waals surface area contributed by atoms with Gasteiger partial charge in [-0.2, -0.15) is 0 Å². The van der Waals surface area contributed by atoms with Gasteiger partial charge in [-0.3, -0.25) is 4.79 Å². The maximum Gasteiger partial charge on any atom is 0.326 e. The molecule has 6 heteroatoms. The van der Waals surface area contributed by atoms with Gasteiger partial charge >= 0.3 is 5.97 Å². The summed E-state index contributed by atoms with van der Waals surface area (Å²) in [4.78, 5) is 22.9. The van der Waals surface area contributed by atoms with Gasteiger partial charge in [0.05, 0.1) is 0 Å². The van der Waals surface area contributed by atoms with E-state index >= 15 is 0 Å². The third-order valence-electron chi connectivity index (χ3n) is 2.80. The fourth-order valence-electron chi connectivity index (χ4n) is 2.04. The van der Waals surface area contributed by atoms with Crippen LogP contribution in [0.4, 0.5) is 0 Å². The smallest absolute Gasteiger partial charge is 0.326 e. The van der Waals surface area contributed by atoms with Crippen LogP contribution in [0.25, 0.3) is 0 Å². The molecule has 0 saturated heterocycles. The topological polar surface area (TPSA) is 102 Å². The van der Waals surface area contributed by atoms with Gasteiger partial charge in [-0.15, -0.1) is 0 Å². The van der Waals surface area contributed by atoms with Gasteiger partial charge in [0.1, 0.15) is 6.04 Å². The van der Waals surface area contributed by atoms with Gasteiger partial charge in [0.15, 0.2) is 0 Å². The molecule has 6 nitrogen and oxygen atoms in total. The number of carbonyl (C=O) groups is 2. The van der Waals surface area contributed by atoms with Crippen molar-refractivity contribution in [2.75, 3.05) is 13.7 Å². The van der Waals surface area contributed by atoms with Crippen LogP contribution < -0.4 is 11.1 Å². The second kappa shape index (κ2) is 8.92. The molecule has 0 aromatic rings. The number of ether oxygens (including phenoxy) is 1. The lowest BCUT2D eigenvalue weighted by molar-refractivity contribution is -0.142. The summed E-state index contributed by atoms with van der Waals surface area (Å²) in [5, 5.41) is 11.6. The van der Waals surface area contributed by atoms with Gasteiger partial charge < -0.3 is 20.9 Å². The average molecular weight is 288 g/mol. The number of carboxylic acid groups (broad SMARTS) is 1. The fourth-order valence-corrected chi connectivity index (χ4v) is 2.04. The van der Waals surface area contributed by atoms with Crippen LogP contribution in [0.3, 0.4) is 0 Å². The zero-order valence-electron chi connectivity index (χ0n) is 12.9. The van der Waals surface area contributed by atoms with E-state index in [-0.39, 0.29) is 23.8 Å². The number of nitrogens with two attached hydrogens (primary N) is 1. The normalized spacial score (nSPS) is 14.7. The van der Waals surface area contributed by atoms with Crippen molar-refractivity contribution < 1.29 is 19.4 Å². The van der Waals surface area contributed by atoms with Crippen molar-refractivity contribution >= 4 is 11.9 Å². The molecular formula is C14H28N2O4. The zero-order chi connectivity index (χ0) is 15.8. The van der Waals surface area contributed by atoms with Crippen LogP contribution in [0.2, 0.25) is 0 Å². The number of aliphatic carboxylic acids is 1. The van der Waals surface area contributed by atoms with Crippen molar-refractivity contribution in [1.82, 2.24) is 5.32 Å². The van der Waals surface area contributed by atoms with Gasteiger partial charge in [-0.1, -0.05) is 20.8 Å². The number of hydrogen-bond donors (Lipinski definition) is 3. The molecule has 118 valence electrons. The van der Waals surface area contributed by atoms with E-state index in [0.717, 1.165) is 0 Å². The van der Waals surface area contributed by atoms with Crippen molar-refractivity contribution in [3.8, 4) is 0 Å². The molecule has 2 atom stereocenters. The Bertz CT molecular complexity index is 313. The molecule has 2 unspecified atom stereocenters. The lowest BCUT2D eigenvalue weighted by Crippen LogP contribution is -2.43. The quantitative estimate of drug-likeness (QED) is 0.552. The first-order chi connectivity index (χ1) is 9.15. The summed E-state index contributed by atoms with van der Waals surface area (Å²) in [5.74, 6) is -1.34. The van der Waals surface area contributed by atoms with E-state index in [0.29, 0.717) is 25.9 Å². The van der Waals surface area contributed by atoms with E-state index in [1.54, 1.807) is 7.11 Å². The number of carbonyl (C=O) groups excluding carboxylic acids is 1. The summed E-state index contributed by atoms with van der Waals surface area (Å²) >= 11 is 0. The standard InChI is InChI=1S/C14H28N2O4/c1-14(2,3)9-10(15)8-12(17)16-11(13(18)19)6-5-7-20-4/h10-11H,5-9,15H2,1-4H3,(H,16,17)(H,18,19). The molecule has 0 aliphatic rings. The second-order valence-electron chi connectivity index (χ2n) is 6.32. The van der Waals surface area contributed by atoms with Crippen molar-refractivity contribution in [3.63, 3.8) is 0 Å². The summed E-state index contributed by atoms with van der Waals surface area (Å²) in [7, 11) is 1.56. The van der Waals surface area contributed by atoms with E-state index in [1.807, 2.05) is 0 Å². The minimum absolute atomic E-state index is 0.0460. The van der Waals surface area contributed by atoms with Crippen LogP contribution in [-0.2, 0) is 14.3 Å². The van der Waals surface area contributed by atoms with Gasteiger partial charge in [0.25, 0.3) is 0 Å². The maximum atomic E-state index is 11.8. The van der Waals surface area contributed by atoms with Crippen LogP contribution >= 0.6 is 0 Å². The number of nitrogens with one attached hydrogen (secondary N) is 1. The van der Waals surface area contributed by atoms with E-state index in [9.17, 15) is 9.59 Å². The highest BCUT2D eigenvalue weighted by molar-refractivity contribution is 5.83. The molecule has 1 amide bonds. The summed E-state index contributed by atoms with van der Waals surface area (Å²) in [6, 6.07) is -1.14. The fraction of sp³-hybridized carbons (Fsp3) is 0.857. The number of amides is 1. The van der Waals surface area contributed by atoms with Crippen LogP contribution in [0.1, 0.15) is 46.5 Å². The molecule has 0 fully saturated rings. The van der Waals surface area contributed by atoms with Crippen LogP contribution in [0.5, 0.6) is 0 Å². The largest absolute Gasteiger partial charge is 0.480 e. The number of methoxy groups -OCH3 is 1. The highest BCUT2D eigenvalue weighted by Gasteiger charge is 2.22. The molecule has 20 heavy (non-hydrogen) atoms. The lowest BCUT2D eigenvalue weighted by atomic mass is 9.87. The van der Waals surface area contributed by atoms with E-state index in [2.05, 4.69) is 26.1 Å². The molecule has 0 aromatic heterocycles. The highest BCUT2D eigenvalue weighted by atomic mass is 16.5. The van der Waals surface area contributed by atoms with Gasteiger partial charge in [0.2, 0.25) is 5.91 Å². The van der Waals surface area contributed by atoms with E-state index < -0.39 is 12.0 Å². The summed E-state index contributed by atoms with van der Waals surface area (Å²) in [6.45, 7) is 6.63. The Balaban J connectivity index is 4.22. The van der Waals surface area contributed by atoms with Gasteiger partial charge in [-0.05, 0) is 24.7 Å². The number of rotatable bonds is 9. The number of hydrogen-bond acceptors (Lipinski definition) is 4. The lowest BCUT2D eigenvalue weighted by Gasteiger charge is -2.23.